The number of benzene rings is 2. The summed E-state index contributed by atoms with van der Waals surface area (Å²) < 4.78 is 3.60. The van der Waals surface area contributed by atoms with Crippen molar-refractivity contribution in [3.63, 3.8) is 0 Å². The van der Waals surface area contributed by atoms with E-state index in [0.29, 0.717) is 5.39 Å². The number of nitrogens with zero attached hydrogens (tertiary/aromatic N) is 4. The van der Waals surface area contributed by atoms with Gasteiger partial charge in [-0.3, -0.25) is 4.79 Å². The van der Waals surface area contributed by atoms with Crippen LogP contribution in [0.4, 0.5) is 5.69 Å². The first kappa shape index (κ1) is 17.1. The molecular weight excluding hydrogens is 336 g/mol. The Labute approximate surface area is 158 Å². The summed E-state index contributed by atoms with van der Waals surface area (Å²) >= 11 is 0. The Kier molecular flexibility index (Phi) is 4.07. The highest BCUT2D eigenvalue weighted by Gasteiger charge is 2.18. The van der Waals surface area contributed by atoms with Gasteiger partial charge in [-0.1, -0.05) is 24.3 Å². The van der Waals surface area contributed by atoms with Crippen molar-refractivity contribution in [2.24, 2.45) is 0 Å². The number of aromatic nitrogens is 3. The van der Waals surface area contributed by atoms with Gasteiger partial charge in [0.25, 0.3) is 5.56 Å². The van der Waals surface area contributed by atoms with E-state index in [1.165, 1.54) is 4.68 Å². The fourth-order valence-corrected chi connectivity index (χ4v) is 3.61. The SMILES string of the molecule is Cc1c2cnn(-c3ccccc3)c(=O)c2c(C)n1-c1cccc(N(C)C)c1. The third kappa shape index (κ3) is 2.72. The molecule has 5 heteroatoms. The average Bonchev–Trinajstić information content (AvgIpc) is 2.94. The molecule has 5 nitrogen and oxygen atoms in total. The van der Waals surface area contributed by atoms with E-state index >= 15 is 0 Å². The Morgan fingerprint density at radius 2 is 1.59 bits per heavy atom. The van der Waals surface area contributed by atoms with E-state index in [-0.39, 0.29) is 5.56 Å². The fourth-order valence-electron chi connectivity index (χ4n) is 3.61. The standard InChI is InChI=1S/C22H22N4O/c1-15-20-14-23-26(17-9-6-5-7-10-17)22(27)21(20)16(2)25(15)19-12-8-11-18(13-19)24(3)4/h5-14H,1-4H3. The van der Waals surface area contributed by atoms with Gasteiger partial charge in [0, 0.05) is 42.2 Å². The van der Waals surface area contributed by atoms with Crippen molar-refractivity contribution in [1.29, 1.82) is 0 Å². The third-order valence-corrected chi connectivity index (χ3v) is 5.01. The smallest absolute Gasteiger partial charge is 0.281 e. The molecule has 4 aromatic rings. The molecule has 0 aliphatic heterocycles. The summed E-state index contributed by atoms with van der Waals surface area (Å²) in [6.45, 7) is 4.03. The minimum atomic E-state index is -0.0955. The molecule has 0 spiro atoms. The monoisotopic (exact) mass is 358 g/mol. The summed E-state index contributed by atoms with van der Waals surface area (Å²) in [6, 6.07) is 17.8. The second kappa shape index (κ2) is 6.43. The zero-order chi connectivity index (χ0) is 19.1. The summed E-state index contributed by atoms with van der Waals surface area (Å²) in [6.07, 6.45) is 1.79. The largest absolute Gasteiger partial charge is 0.378 e. The Bertz CT molecular complexity index is 1190. The molecule has 0 aliphatic rings. The first-order valence-corrected chi connectivity index (χ1v) is 8.92. The summed E-state index contributed by atoms with van der Waals surface area (Å²) in [5, 5.41) is 6.01. The minimum absolute atomic E-state index is 0.0955. The van der Waals surface area contributed by atoms with E-state index in [1.54, 1.807) is 6.20 Å². The second-order valence-electron chi connectivity index (χ2n) is 6.91. The van der Waals surface area contributed by atoms with E-state index in [9.17, 15) is 4.79 Å². The number of rotatable bonds is 3. The van der Waals surface area contributed by atoms with Crippen LogP contribution in [-0.2, 0) is 0 Å². The van der Waals surface area contributed by atoms with Crippen molar-refractivity contribution in [3.05, 3.63) is 82.5 Å². The van der Waals surface area contributed by atoms with Gasteiger partial charge in [0.15, 0.2) is 0 Å². The van der Waals surface area contributed by atoms with Crippen molar-refractivity contribution < 1.29 is 0 Å². The number of aryl methyl sites for hydroxylation is 2. The van der Waals surface area contributed by atoms with Crippen LogP contribution in [0.1, 0.15) is 11.4 Å². The highest BCUT2D eigenvalue weighted by atomic mass is 16.1. The molecule has 0 saturated carbocycles. The summed E-state index contributed by atoms with van der Waals surface area (Å²) in [4.78, 5) is 15.3. The topological polar surface area (TPSA) is 43.1 Å². The highest BCUT2D eigenvalue weighted by molar-refractivity contribution is 5.88. The van der Waals surface area contributed by atoms with E-state index in [4.69, 9.17) is 0 Å². The molecule has 0 aliphatic carbocycles. The average molecular weight is 358 g/mol. The van der Waals surface area contributed by atoms with Gasteiger partial charge in [0.2, 0.25) is 0 Å². The zero-order valence-corrected chi connectivity index (χ0v) is 16.0. The molecule has 27 heavy (non-hydrogen) atoms. The lowest BCUT2D eigenvalue weighted by atomic mass is 10.2. The minimum Gasteiger partial charge on any atom is -0.378 e. The van der Waals surface area contributed by atoms with E-state index in [2.05, 4.69) is 32.8 Å². The molecule has 0 bridgehead atoms. The van der Waals surface area contributed by atoms with Crippen molar-refractivity contribution >= 4 is 16.5 Å². The number of anilines is 1. The normalized spacial score (nSPS) is 11.1. The molecule has 0 saturated heterocycles. The maximum Gasteiger partial charge on any atom is 0.281 e. The van der Waals surface area contributed by atoms with Crippen LogP contribution in [-0.4, -0.2) is 28.4 Å². The van der Waals surface area contributed by atoms with E-state index < -0.39 is 0 Å². The highest BCUT2D eigenvalue weighted by Crippen LogP contribution is 2.27. The maximum atomic E-state index is 13.2. The number of para-hydroxylation sites is 1. The van der Waals surface area contributed by atoms with Crippen LogP contribution in [0.5, 0.6) is 0 Å². The van der Waals surface area contributed by atoms with Gasteiger partial charge in [-0.25, -0.2) is 0 Å². The van der Waals surface area contributed by atoms with Crippen molar-refractivity contribution in [1.82, 2.24) is 14.3 Å². The lowest BCUT2D eigenvalue weighted by molar-refractivity contribution is 0.821. The van der Waals surface area contributed by atoms with Gasteiger partial charge in [0.05, 0.1) is 17.3 Å². The van der Waals surface area contributed by atoms with Gasteiger partial charge in [-0.2, -0.15) is 9.78 Å². The maximum absolute atomic E-state index is 13.2. The first-order chi connectivity index (χ1) is 13.0. The Morgan fingerprint density at radius 1 is 0.889 bits per heavy atom. The fraction of sp³-hybridized carbons (Fsp3) is 0.182. The summed E-state index contributed by atoms with van der Waals surface area (Å²) in [5.41, 5.74) is 4.77. The Morgan fingerprint density at radius 3 is 2.30 bits per heavy atom. The molecule has 0 radical (unpaired) electrons. The van der Waals surface area contributed by atoms with Crippen LogP contribution in [0.25, 0.3) is 22.1 Å². The lowest BCUT2D eigenvalue weighted by Crippen LogP contribution is -2.21. The van der Waals surface area contributed by atoms with Crippen molar-refractivity contribution in [2.75, 3.05) is 19.0 Å². The molecule has 136 valence electrons. The molecule has 0 N–H and O–H groups in total. The Hall–Kier alpha value is -3.34. The predicted octanol–water partition coefficient (Wildman–Crippen LogP) is 3.86. The summed E-state index contributed by atoms with van der Waals surface area (Å²) in [7, 11) is 4.04. The van der Waals surface area contributed by atoms with Crippen LogP contribution in [0, 0.1) is 13.8 Å². The van der Waals surface area contributed by atoms with Crippen LogP contribution >= 0.6 is 0 Å². The lowest BCUT2D eigenvalue weighted by Gasteiger charge is -2.15. The summed E-state index contributed by atoms with van der Waals surface area (Å²) in [5.74, 6) is 0. The third-order valence-electron chi connectivity index (χ3n) is 5.01. The number of hydrogen-bond donors (Lipinski definition) is 0. The quantitative estimate of drug-likeness (QED) is 0.558. The van der Waals surface area contributed by atoms with Gasteiger partial charge in [-0.05, 0) is 44.2 Å². The molecule has 0 unspecified atom stereocenters. The van der Waals surface area contributed by atoms with Gasteiger partial charge in [-0.15, -0.1) is 0 Å². The predicted molar refractivity (Wildman–Crippen MR) is 110 cm³/mol. The molecular formula is C22H22N4O. The molecule has 0 fully saturated rings. The van der Waals surface area contributed by atoms with E-state index in [1.807, 2.05) is 64.3 Å². The van der Waals surface area contributed by atoms with Crippen molar-refractivity contribution in [2.45, 2.75) is 13.8 Å². The Balaban J connectivity index is 1.98. The molecule has 2 aromatic carbocycles. The van der Waals surface area contributed by atoms with Crippen LogP contribution in [0.15, 0.2) is 65.6 Å². The molecule has 2 aromatic heterocycles. The second-order valence-corrected chi connectivity index (χ2v) is 6.91. The van der Waals surface area contributed by atoms with Crippen molar-refractivity contribution in [3.8, 4) is 11.4 Å². The van der Waals surface area contributed by atoms with Crippen LogP contribution < -0.4 is 10.5 Å². The molecule has 0 atom stereocenters. The molecule has 2 heterocycles. The zero-order valence-electron chi connectivity index (χ0n) is 16.0. The number of hydrogen-bond acceptors (Lipinski definition) is 3. The molecule has 4 rings (SSSR count). The van der Waals surface area contributed by atoms with Gasteiger partial charge < -0.3 is 9.47 Å². The first-order valence-electron chi connectivity index (χ1n) is 8.92. The van der Waals surface area contributed by atoms with E-state index in [0.717, 1.165) is 33.8 Å². The number of fused-ring (bicyclic) bond motifs is 1. The van der Waals surface area contributed by atoms with Crippen LogP contribution in [0.2, 0.25) is 0 Å². The molecule has 0 amide bonds. The van der Waals surface area contributed by atoms with Gasteiger partial charge >= 0.3 is 0 Å². The van der Waals surface area contributed by atoms with Crippen LogP contribution in [0.3, 0.4) is 0 Å². The van der Waals surface area contributed by atoms with Gasteiger partial charge in [0.1, 0.15) is 0 Å².